The summed E-state index contributed by atoms with van der Waals surface area (Å²) in [6.07, 6.45) is 2.66. The first kappa shape index (κ1) is 11.6. The number of nitrogens with zero attached hydrogens (tertiary/aromatic N) is 1. The first-order valence-corrected chi connectivity index (χ1v) is 5.93. The highest BCUT2D eigenvalue weighted by molar-refractivity contribution is 6.14. The number of amides is 3. The van der Waals surface area contributed by atoms with Crippen LogP contribution in [0.25, 0.3) is 0 Å². The van der Waals surface area contributed by atoms with Crippen LogP contribution in [0.15, 0.2) is 30.3 Å². The van der Waals surface area contributed by atoms with E-state index in [4.69, 9.17) is 0 Å². The van der Waals surface area contributed by atoms with E-state index in [2.05, 4.69) is 12.2 Å². The smallest absolute Gasteiger partial charge is 0.282 e. The number of hydrogen-bond acceptors (Lipinski definition) is 2. The molecule has 17 heavy (non-hydrogen) atoms. The summed E-state index contributed by atoms with van der Waals surface area (Å²) in [5, 5.41) is 2.37. The Labute approximate surface area is 101 Å². The van der Waals surface area contributed by atoms with E-state index < -0.39 is 0 Å². The van der Waals surface area contributed by atoms with Crippen LogP contribution < -0.4 is 10.2 Å². The van der Waals surface area contributed by atoms with Crippen molar-refractivity contribution in [2.24, 2.45) is 0 Å². The Morgan fingerprint density at radius 3 is 2.59 bits per heavy atom. The maximum absolute atomic E-state index is 11.8. The second-order valence-electron chi connectivity index (χ2n) is 4.16. The number of para-hydroxylation sites is 1. The third-order valence-electron chi connectivity index (χ3n) is 2.93. The van der Waals surface area contributed by atoms with Gasteiger partial charge in [-0.25, -0.2) is 4.79 Å². The Hall–Kier alpha value is -1.84. The molecule has 0 aliphatic carbocycles. The zero-order valence-electron chi connectivity index (χ0n) is 9.85. The van der Waals surface area contributed by atoms with Gasteiger partial charge in [0.05, 0.1) is 0 Å². The molecule has 1 aliphatic rings. The minimum absolute atomic E-state index is 0.188. The van der Waals surface area contributed by atoms with Gasteiger partial charge in [0.2, 0.25) is 0 Å². The SMILES string of the molecule is CCCCC1C(=O)NC(=O)N1c1ccccc1. The molecule has 1 saturated heterocycles. The minimum atomic E-state index is -0.357. The molecule has 1 aromatic rings. The lowest BCUT2D eigenvalue weighted by Crippen LogP contribution is -2.35. The Balaban J connectivity index is 2.23. The lowest BCUT2D eigenvalue weighted by molar-refractivity contribution is -0.120. The molecule has 4 nitrogen and oxygen atoms in total. The molecule has 0 spiro atoms. The molecule has 0 aromatic heterocycles. The van der Waals surface area contributed by atoms with Crippen molar-refractivity contribution in [2.75, 3.05) is 4.90 Å². The Bertz CT molecular complexity index is 417. The van der Waals surface area contributed by atoms with Gasteiger partial charge in [0, 0.05) is 5.69 Å². The molecule has 2 rings (SSSR count). The first-order chi connectivity index (χ1) is 8.24. The predicted octanol–water partition coefficient (Wildman–Crippen LogP) is 2.30. The predicted molar refractivity (Wildman–Crippen MR) is 65.8 cm³/mol. The van der Waals surface area contributed by atoms with Crippen LogP contribution in [-0.2, 0) is 4.79 Å². The average molecular weight is 232 g/mol. The number of anilines is 1. The first-order valence-electron chi connectivity index (χ1n) is 5.93. The molecule has 1 aromatic carbocycles. The normalized spacial score (nSPS) is 19.6. The van der Waals surface area contributed by atoms with Gasteiger partial charge in [0.15, 0.2) is 0 Å². The number of imide groups is 1. The fourth-order valence-electron chi connectivity index (χ4n) is 2.05. The second kappa shape index (κ2) is 4.99. The highest BCUT2D eigenvalue weighted by atomic mass is 16.2. The third kappa shape index (κ3) is 2.30. The molecule has 1 unspecified atom stereocenters. The van der Waals surface area contributed by atoms with Crippen LogP contribution in [0.3, 0.4) is 0 Å². The van der Waals surface area contributed by atoms with Crippen LogP contribution >= 0.6 is 0 Å². The highest BCUT2D eigenvalue weighted by Gasteiger charge is 2.38. The van der Waals surface area contributed by atoms with Gasteiger partial charge in [-0.1, -0.05) is 38.0 Å². The van der Waals surface area contributed by atoms with Crippen LogP contribution in [0.4, 0.5) is 10.5 Å². The van der Waals surface area contributed by atoms with E-state index in [1.807, 2.05) is 30.3 Å². The van der Waals surface area contributed by atoms with E-state index in [0.29, 0.717) is 6.42 Å². The largest absolute Gasteiger partial charge is 0.329 e. The summed E-state index contributed by atoms with van der Waals surface area (Å²) in [5.41, 5.74) is 0.775. The Morgan fingerprint density at radius 1 is 1.24 bits per heavy atom. The van der Waals surface area contributed by atoms with Gasteiger partial charge in [0.25, 0.3) is 5.91 Å². The van der Waals surface area contributed by atoms with E-state index in [1.165, 1.54) is 0 Å². The van der Waals surface area contributed by atoms with Gasteiger partial charge in [-0.2, -0.15) is 0 Å². The number of hydrogen-bond donors (Lipinski definition) is 1. The molecule has 3 amide bonds. The fraction of sp³-hybridized carbons (Fsp3) is 0.385. The van der Waals surface area contributed by atoms with Crippen molar-refractivity contribution in [1.82, 2.24) is 5.32 Å². The highest BCUT2D eigenvalue weighted by Crippen LogP contribution is 2.23. The number of carbonyl (C=O) groups is 2. The molecule has 1 aliphatic heterocycles. The summed E-state index contributed by atoms with van der Waals surface area (Å²) in [7, 11) is 0. The third-order valence-corrected chi connectivity index (χ3v) is 2.93. The van der Waals surface area contributed by atoms with E-state index in [0.717, 1.165) is 18.5 Å². The summed E-state index contributed by atoms with van der Waals surface area (Å²) < 4.78 is 0. The summed E-state index contributed by atoms with van der Waals surface area (Å²) >= 11 is 0. The van der Waals surface area contributed by atoms with Crippen molar-refractivity contribution < 1.29 is 9.59 Å². The maximum Gasteiger partial charge on any atom is 0.329 e. The standard InChI is InChI=1S/C13H16N2O2/c1-2-3-9-11-12(16)14-13(17)15(11)10-7-5-4-6-8-10/h4-8,11H,2-3,9H2,1H3,(H,14,16,17). The monoisotopic (exact) mass is 232 g/mol. The van der Waals surface area contributed by atoms with Crippen LogP contribution in [0.2, 0.25) is 0 Å². The molecule has 0 saturated carbocycles. The summed E-state index contributed by atoms with van der Waals surface area (Å²) in [6, 6.07) is 8.63. The molecular weight excluding hydrogens is 216 g/mol. The molecule has 90 valence electrons. The fourth-order valence-corrected chi connectivity index (χ4v) is 2.05. The lowest BCUT2D eigenvalue weighted by Gasteiger charge is -2.21. The maximum atomic E-state index is 11.8. The van der Waals surface area contributed by atoms with Gasteiger partial charge < -0.3 is 0 Å². The summed E-state index contributed by atoms with van der Waals surface area (Å²) in [6.45, 7) is 2.07. The van der Waals surface area contributed by atoms with Crippen molar-refractivity contribution in [3.05, 3.63) is 30.3 Å². The number of nitrogens with one attached hydrogen (secondary N) is 1. The molecule has 0 bridgehead atoms. The average Bonchev–Trinajstić information content (AvgIpc) is 2.62. The van der Waals surface area contributed by atoms with Gasteiger partial charge in [0.1, 0.15) is 6.04 Å². The molecule has 4 heteroatoms. The van der Waals surface area contributed by atoms with Crippen molar-refractivity contribution >= 4 is 17.6 Å². The zero-order valence-corrected chi connectivity index (χ0v) is 9.85. The van der Waals surface area contributed by atoms with E-state index in [1.54, 1.807) is 4.90 Å². The Kier molecular flexibility index (Phi) is 3.42. The number of unbranched alkanes of at least 4 members (excludes halogenated alkanes) is 1. The summed E-state index contributed by atoms with van der Waals surface area (Å²) in [5.74, 6) is -0.188. The quantitative estimate of drug-likeness (QED) is 0.810. The molecule has 1 heterocycles. The van der Waals surface area contributed by atoms with Crippen molar-refractivity contribution in [3.63, 3.8) is 0 Å². The van der Waals surface area contributed by atoms with Gasteiger partial charge >= 0.3 is 6.03 Å². The number of benzene rings is 1. The van der Waals surface area contributed by atoms with Crippen LogP contribution in [0.5, 0.6) is 0 Å². The minimum Gasteiger partial charge on any atom is -0.282 e. The van der Waals surface area contributed by atoms with Gasteiger partial charge in [-0.15, -0.1) is 0 Å². The molecule has 1 fully saturated rings. The zero-order chi connectivity index (χ0) is 12.3. The molecule has 1 N–H and O–H groups in total. The lowest BCUT2D eigenvalue weighted by atomic mass is 10.1. The topological polar surface area (TPSA) is 49.4 Å². The van der Waals surface area contributed by atoms with E-state index in [9.17, 15) is 9.59 Å². The van der Waals surface area contributed by atoms with E-state index in [-0.39, 0.29) is 18.0 Å². The van der Waals surface area contributed by atoms with Crippen LogP contribution in [0, 0.1) is 0 Å². The number of urea groups is 1. The van der Waals surface area contributed by atoms with Crippen LogP contribution in [0.1, 0.15) is 26.2 Å². The molecule has 0 radical (unpaired) electrons. The van der Waals surface area contributed by atoms with E-state index >= 15 is 0 Å². The Morgan fingerprint density at radius 2 is 1.94 bits per heavy atom. The second-order valence-corrected chi connectivity index (χ2v) is 4.16. The van der Waals surface area contributed by atoms with Crippen LogP contribution in [-0.4, -0.2) is 18.0 Å². The molecular formula is C13H16N2O2. The van der Waals surface area contributed by atoms with Crippen molar-refractivity contribution in [1.29, 1.82) is 0 Å². The van der Waals surface area contributed by atoms with Gasteiger partial charge in [-0.05, 0) is 18.6 Å². The van der Waals surface area contributed by atoms with Crippen molar-refractivity contribution in [3.8, 4) is 0 Å². The summed E-state index contributed by atoms with van der Waals surface area (Å²) in [4.78, 5) is 25.0. The van der Waals surface area contributed by atoms with Crippen molar-refractivity contribution in [2.45, 2.75) is 32.2 Å². The molecule has 1 atom stereocenters. The van der Waals surface area contributed by atoms with Gasteiger partial charge in [-0.3, -0.25) is 15.0 Å². The number of carbonyl (C=O) groups excluding carboxylic acids is 2. The number of rotatable bonds is 4.